The number of aromatic nitrogens is 2. The maximum atomic E-state index is 12.2. The Morgan fingerprint density at radius 3 is 2.85 bits per heavy atom. The number of halogens is 1. The van der Waals surface area contributed by atoms with Gasteiger partial charge in [0.15, 0.2) is 0 Å². The number of rotatable bonds is 6. The molecule has 0 aliphatic heterocycles. The van der Waals surface area contributed by atoms with Crippen molar-refractivity contribution in [2.75, 3.05) is 11.3 Å². The van der Waals surface area contributed by atoms with Crippen molar-refractivity contribution in [1.82, 2.24) is 15.5 Å². The van der Waals surface area contributed by atoms with Crippen molar-refractivity contribution in [3.8, 4) is 0 Å². The number of anilines is 1. The number of benzene rings is 1. The molecule has 6 nitrogen and oxygen atoms in total. The highest BCUT2D eigenvalue weighted by molar-refractivity contribution is 7.92. The first-order valence-corrected chi connectivity index (χ1v) is 7.90. The molecule has 0 amide bonds. The Bertz CT molecular complexity index is 671. The standard InChI is InChI=1S/C12H15ClN4O2S/c1-2-14-6-9-5-11(3-4-12(9)13)20(18,19)17-10-7-15-16-8-10/h3-5,7-8,14,17H,2,6H2,1H3,(H,15,16). The molecule has 1 heterocycles. The summed E-state index contributed by atoms with van der Waals surface area (Å²) in [6.07, 6.45) is 2.86. The molecule has 0 saturated heterocycles. The van der Waals surface area contributed by atoms with E-state index in [0.717, 1.165) is 12.1 Å². The Morgan fingerprint density at radius 2 is 2.20 bits per heavy atom. The number of hydrogen-bond acceptors (Lipinski definition) is 4. The van der Waals surface area contributed by atoms with Crippen molar-refractivity contribution in [3.63, 3.8) is 0 Å². The predicted molar refractivity (Wildman–Crippen MR) is 78.2 cm³/mol. The van der Waals surface area contributed by atoms with Gasteiger partial charge in [0.1, 0.15) is 0 Å². The van der Waals surface area contributed by atoms with E-state index in [0.29, 0.717) is 17.3 Å². The number of nitrogens with zero attached hydrogens (tertiary/aromatic N) is 1. The van der Waals surface area contributed by atoms with Gasteiger partial charge in [-0.2, -0.15) is 5.10 Å². The van der Waals surface area contributed by atoms with Crippen LogP contribution in [0.3, 0.4) is 0 Å². The molecule has 20 heavy (non-hydrogen) atoms. The maximum absolute atomic E-state index is 12.2. The summed E-state index contributed by atoms with van der Waals surface area (Å²) in [5.74, 6) is 0. The second-order valence-corrected chi connectivity index (χ2v) is 6.22. The Hall–Kier alpha value is -1.57. The van der Waals surface area contributed by atoms with Gasteiger partial charge in [0.25, 0.3) is 10.0 Å². The molecule has 8 heteroatoms. The van der Waals surface area contributed by atoms with E-state index in [-0.39, 0.29) is 4.90 Å². The molecule has 0 aliphatic rings. The summed E-state index contributed by atoms with van der Waals surface area (Å²) in [6.45, 7) is 3.26. The monoisotopic (exact) mass is 314 g/mol. The van der Waals surface area contributed by atoms with Gasteiger partial charge in [0, 0.05) is 17.8 Å². The van der Waals surface area contributed by atoms with Crippen LogP contribution in [0.2, 0.25) is 5.02 Å². The molecule has 0 atom stereocenters. The fraction of sp³-hybridized carbons (Fsp3) is 0.250. The van der Waals surface area contributed by atoms with Crippen molar-refractivity contribution in [1.29, 1.82) is 0 Å². The van der Waals surface area contributed by atoms with E-state index in [1.165, 1.54) is 18.5 Å². The van der Waals surface area contributed by atoms with Gasteiger partial charge in [0.2, 0.25) is 0 Å². The lowest BCUT2D eigenvalue weighted by Gasteiger charge is -2.10. The third-order valence-electron chi connectivity index (χ3n) is 2.64. The molecule has 0 radical (unpaired) electrons. The minimum Gasteiger partial charge on any atom is -0.313 e. The second kappa shape index (κ2) is 6.25. The van der Waals surface area contributed by atoms with Gasteiger partial charge in [-0.25, -0.2) is 8.42 Å². The van der Waals surface area contributed by atoms with Crippen LogP contribution in [0.4, 0.5) is 5.69 Å². The van der Waals surface area contributed by atoms with Gasteiger partial charge in [0.05, 0.1) is 16.8 Å². The van der Waals surface area contributed by atoms with Crippen LogP contribution in [-0.4, -0.2) is 25.2 Å². The number of H-pyrrole nitrogens is 1. The van der Waals surface area contributed by atoms with Crippen LogP contribution in [-0.2, 0) is 16.6 Å². The molecule has 108 valence electrons. The Morgan fingerprint density at radius 1 is 1.40 bits per heavy atom. The van der Waals surface area contributed by atoms with E-state index in [4.69, 9.17) is 11.6 Å². The molecule has 0 fully saturated rings. The van der Waals surface area contributed by atoms with Crippen LogP contribution >= 0.6 is 11.6 Å². The average Bonchev–Trinajstić information content (AvgIpc) is 2.89. The van der Waals surface area contributed by atoms with Crippen LogP contribution in [0.15, 0.2) is 35.5 Å². The molecule has 3 N–H and O–H groups in total. The molecule has 1 aromatic heterocycles. The summed E-state index contributed by atoms with van der Waals surface area (Å²) in [6, 6.07) is 4.62. The van der Waals surface area contributed by atoms with Crippen molar-refractivity contribution in [2.45, 2.75) is 18.4 Å². The van der Waals surface area contributed by atoms with Gasteiger partial charge in [-0.15, -0.1) is 0 Å². The molecule has 2 aromatic rings. The third-order valence-corrected chi connectivity index (χ3v) is 4.39. The Balaban J connectivity index is 2.27. The summed E-state index contributed by atoms with van der Waals surface area (Å²) in [7, 11) is -3.64. The minimum atomic E-state index is -3.64. The van der Waals surface area contributed by atoms with E-state index in [1.807, 2.05) is 6.92 Å². The number of sulfonamides is 1. The van der Waals surface area contributed by atoms with E-state index < -0.39 is 10.0 Å². The van der Waals surface area contributed by atoms with E-state index in [2.05, 4.69) is 20.2 Å². The van der Waals surface area contributed by atoms with E-state index in [1.54, 1.807) is 12.1 Å². The Kier molecular flexibility index (Phi) is 4.64. The zero-order valence-electron chi connectivity index (χ0n) is 10.9. The topological polar surface area (TPSA) is 86.9 Å². The van der Waals surface area contributed by atoms with Crippen LogP contribution in [0.1, 0.15) is 12.5 Å². The largest absolute Gasteiger partial charge is 0.313 e. The summed E-state index contributed by atoms with van der Waals surface area (Å²) >= 11 is 6.05. The maximum Gasteiger partial charge on any atom is 0.262 e. The van der Waals surface area contributed by atoms with Gasteiger partial charge in [-0.3, -0.25) is 9.82 Å². The van der Waals surface area contributed by atoms with E-state index >= 15 is 0 Å². The quantitative estimate of drug-likeness (QED) is 0.761. The molecular weight excluding hydrogens is 300 g/mol. The summed E-state index contributed by atoms with van der Waals surface area (Å²) in [4.78, 5) is 0.163. The van der Waals surface area contributed by atoms with E-state index in [9.17, 15) is 8.42 Å². The molecule has 0 unspecified atom stereocenters. The van der Waals surface area contributed by atoms with Gasteiger partial charge in [-0.05, 0) is 30.3 Å². The molecule has 0 spiro atoms. The zero-order chi connectivity index (χ0) is 14.6. The van der Waals surface area contributed by atoms with Crippen molar-refractivity contribution in [2.24, 2.45) is 0 Å². The lowest BCUT2D eigenvalue weighted by Crippen LogP contribution is -2.15. The first-order valence-electron chi connectivity index (χ1n) is 6.03. The van der Waals surface area contributed by atoms with Gasteiger partial charge < -0.3 is 5.32 Å². The zero-order valence-corrected chi connectivity index (χ0v) is 12.4. The smallest absolute Gasteiger partial charge is 0.262 e. The third kappa shape index (κ3) is 3.50. The first-order chi connectivity index (χ1) is 9.53. The normalized spacial score (nSPS) is 11.5. The average molecular weight is 315 g/mol. The summed E-state index contributed by atoms with van der Waals surface area (Å²) in [5, 5.41) is 9.88. The summed E-state index contributed by atoms with van der Waals surface area (Å²) in [5.41, 5.74) is 1.12. The first kappa shape index (κ1) is 14.8. The van der Waals surface area contributed by atoms with Crippen molar-refractivity contribution < 1.29 is 8.42 Å². The number of hydrogen-bond donors (Lipinski definition) is 3. The summed E-state index contributed by atoms with van der Waals surface area (Å²) < 4.78 is 26.9. The van der Waals surface area contributed by atoms with Crippen LogP contribution in [0.25, 0.3) is 0 Å². The highest BCUT2D eigenvalue weighted by Crippen LogP contribution is 2.22. The highest BCUT2D eigenvalue weighted by Gasteiger charge is 2.16. The fourth-order valence-corrected chi connectivity index (χ4v) is 2.90. The molecule has 0 aliphatic carbocycles. The Labute approximate surface area is 122 Å². The van der Waals surface area contributed by atoms with Gasteiger partial charge >= 0.3 is 0 Å². The highest BCUT2D eigenvalue weighted by atomic mass is 35.5. The van der Waals surface area contributed by atoms with Crippen LogP contribution in [0.5, 0.6) is 0 Å². The number of nitrogens with one attached hydrogen (secondary N) is 3. The molecule has 0 bridgehead atoms. The predicted octanol–water partition coefficient (Wildman–Crippen LogP) is 1.97. The molecule has 2 rings (SSSR count). The second-order valence-electron chi connectivity index (χ2n) is 4.13. The molecule has 1 aromatic carbocycles. The van der Waals surface area contributed by atoms with Gasteiger partial charge in [-0.1, -0.05) is 18.5 Å². The molecular formula is C12H15ClN4O2S. The minimum absolute atomic E-state index is 0.163. The van der Waals surface area contributed by atoms with Crippen molar-refractivity contribution >= 4 is 27.3 Å². The lowest BCUT2D eigenvalue weighted by molar-refractivity contribution is 0.601. The van der Waals surface area contributed by atoms with Crippen LogP contribution in [0, 0.1) is 0 Å². The lowest BCUT2D eigenvalue weighted by atomic mass is 10.2. The number of aromatic amines is 1. The SMILES string of the molecule is CCNCc1cc(S(=O)(=O)Nc2cn[nH]c2)ccc1Cl. The fourth-order valence-electron chi connectivity index (χ4n) is 1.63. The molecule has 0 saturated carbocycles. The van der Waals surface area contributed by atoms with Crippen LogP contribution < -0.4 is 10.0 Å². The van der Waals surface area contributed by atoms with Crippen molar-refractivity contribution in [3.05, 3.63) is 41.2 Å².